The first-order chi connectivity index (χ1) is 12.8. The molecule has 0 aliphatic carbocycles. The number of aryl methyl sites for hydroxylation is 1. The molecule has 0 unspecified atom stereocenters. The molecule has 1 saturated heterocycles. The summed E-state index contributed by atoms with van der Waals surface area (Å²) < 4.78 is 32.8. The number of amides is 1. The number of piperazine rings is 1. The van der Waals surface area contributed by atoms with Crippen LogP contribution >= 0.6 is 34.5 Å². The summed E-state index contributed by atoms with van der Waals surface area (Å²) in [7, 11) is -3.57. The zero-order valence-electron chi connectivity index (χ0n) is 14.5. The predicted octanol–water partition coefficient (Wildman–Crippen LogP) is 3.28. The van der Waals surface area contributed by atoms with Gasteiger partial charge in [0.1, 0.15) is 9.96 Å². The lowest BCUT2D eigenvalue weighted by Crippen LogP contribution is -2.51. The van der Waals surface area contributed by atoms with Crippen molar-refractivity contribution in [2.75, 3.05) is 32.8 Å². The van der Waals surface area contributed by atoms with Gasteiger partial charge in [-0.1, -0.05) is 23.2 Å². The van der Waals surface area contributed by atoms with Gasteiger partial charge in [-0.2, -0.15) is 4.31 Å². The van der Waals surface area contributed by atoms with E-state index in [1.165, 1.54) is 10.4 Å². The number of sulfonamides is 1. The maximum Gasteiger partial charge on any atom is 0.260 e. The van der Waals surface area contributed by atoms with Gasteiger partial charge >= 0.3 is 0 Å². The van der Waals surface area contributed by atoms with Crippen LogP contribution in [0.2, 0.25) is 9.36 Å². The summed E-state index contributed by atoms with van der Waals surface area (Å²) in [5.74, 6) is 0.420. The third kappa shape index (κ3) is 4.75. The van der Waals surface area contributed by atoms with Crippen molar-refractivity contribution in [2.45, 2.75) is 11.1 Å². The third-order valence-electron chi connectivity index (χ3n) is 4.22. The number of hydrogen-bond donors (Lipinski definition) is 0. The van der Waals surface area contributed by atoms with Crippen LogP contribution in [-0.2, 0) is 14.8 Å². The van der Waals surface area contributed by atoms with E-state index in [-0.39, 0.29) is 29.8 Å². The van der Waals surface area contributed by atoms with Crippen molar-refractivity contribution in [3.63, 3.8) is 0 Å². The number of benzene rings is 1. The summed E-state index contributed by atoms with van der Waals surface area (Å²) in [6, 6.07) is 8.26. The highest BCUT2D eigenvalue weighted by Crippen LogP contribution is 2.28. The van der Waals surface area contributed by atoms with Gasteiger partial charge in [0.25, 0.3) is 15.9 Å². The molecule has 1 aromatic carbocycles. The Kier molecular flexibility index (Phi) is 6.32. The Labute approximate surface area is 172 Å². The molecule has 0 bridgehead atoms. The average molecular weight is 449 g/mol. The van der Waals surface area contributed by atoms with Crippen molar-refractivity contribution < 1.29 is 17.9 Å². The van der Waals surface area contributed by atoms with Crippen LogP contribution in [0.5, 0.6) is 5.75 Å². The minimum atomic E-state index is -3.57. The molecule has 10 heteroatoms. The molecule has 3 rings (SSSR count). The molecule has 0 N–H and O–H groups in total. The van der Waals surface area contributed by atoms with Crippen LogP contribution in [0.15, 0.2) is 34.5 Å². The molecule has 1 amide bonds. The van der Waals surface area contributed by atoms with Crippen LogP contribution in [0.1, 0.15) is 5.56 Å². The fraction of sp³-hybridized carbons (Fsp3) is 0.353. The summed E-state index contributed by atoms with van der Waals surface area (Å²) in [6.07, 6.45) is 0. The Balaban J connectivity index is 1.55. The predicted molar refractivity (Wildman–Crippen MR) is 106 cm³/mol. The molecule has 1 aromatic heterocycles. The second kappa shape index (κ2) is 8.36. The number of hydrogen-bond acceptors (Lipinski definition) is 5. The van der Waals surface area contributed by atoms with E-state index in [9.17, 15) is 13.2 Å². The summed E-state index contributed by atoms with van der Waals surface area (Å²) in [5.41, 5.74) is 0.848. The first kappa shape index (κ1) is 20.4. The Bertz CT molecular complexity index is 938. The lowest BCUT2D eigenvalue weighted by atomic mass is 10.2. The van der Waals surface area contributed by atoms with Gasteiger partial charge in [0.05, 0.1) is 4.34 Å². The van der Waals surface area contributed by atoms with Gasteiger partial charge in [0.15, 0.2) is 6.61 Å². The van der Waals surface area contributed by atoms with Crippen molar-refractivity contribution in [2.24, 2.45) is 0 Å². The Hall–Kier alpha value is -1.32. The molecule has 2 heterocycles. The van der Waals surface area contributed by atoms with E-state index in [1.807, 2.05) is 6.92 Å². The minimum Gasteiger partial charge on any atom is -0.483 e. The van der Waals surface area contributed by atoms with Crippen LogP contribution in [0.4, 0.5) is 0 Å². The molecule has 2 aromatic rings. The van der Waals surface area contributed by atoms with Gasteiger partial charge in [0.2, 0.25) is 0 Å². The van der Waals surface area contributed by atoms with Gasteiger partial charge in [-0.05, 0) is 42.8 Å². The second-order valence-corrected chi connectivity index (χ2v) is 10.4. The molecule has 6 nitrogen and oxygen atoms in total. The number of rotatable bonds is 5. The van der Waals surface area contributed by atoms with Crippen LogP contribution in [-0.4, -0.2) is 56.3 Å². The molecule has 0 radical (unpaired) electrons. The van der Waals surface area contributed by atoms with E-state index < -0.39 is 10.0 Å². The first-order valence-corrected chi connectivity index (χ1v) is 11.2. The molecular formula is C17H18Cl2N2O4S2. The first-order valence-electron chi connectivity index (χ1n) is 8.19. The quantitative estimate of drug-likeness (QED) is 0.703. The SMILES string of the molecule is Cc1cc(Cl)ccc1OCC(=O)N1CCN(S(=O)(=O)c2ccc(Cl)s2)CC1. The van der Waals surface area contributed by atoms with E-state index >= 15 is 0 Å². The molecule has 0 saturated carbocycles. The van der Waals surface area contributed by atoms with Crippen molar-refractivity contribution in [3.05, 3.63) is 45.3 Å². The monoisotopic (exact) mass is 448 g/mol. The highest BCUT2D eigenvalue weighted by molar-refractivity contribution is 7.91. The van der Waals surface area contributed by atoms with Gasteiger partial charge in [-0.3, -0.25) is 4.79 Å². The van der Waals surface area contributed by atoms with Gasteiger partial charge in [-0.15, -0.1) is 11.3 Å². The summed E-state index contributed by atoms with van der Waals surface area (Å²) in [4.78, 5) is 14.0. The Morgan fingerprint density at radius 3 is 2.44 bits per heavy atom. The molecular weight excluding hydrogens is 431 g/mol. The zero-order chi connectivity index (χ0) is 19.6. The number of carbonyl (C=O) groups excluding carboxylic acids is 1. The Morgan fingerprint density at radius 2 is 1.85 bits per heavy atom. The molecule has 1 aliphatic heterocycles. The smallest absolute Gasteiger partial charge is 0.260 e. The van der Waals surface area contributed by atoms with E-state index in [0.717, 1.165) is 16.9 Å². The highest BCUT2D eigenvalue weighted by atomic mass is 35.5. The largest absolute Gasteiger partial charge is 0.483 e. The minimum absolute atomic E-state index is 0.101. The second-order valence-electron chi connectivity index (χ2n) is 6.04. The van der Waals surface area contributed by atoms with Crippen LogP contribution < -0.4 is 4.74 Å². The number of ether oxygens (including phenoxy) is 1. The number of thiophene rings is 1. The van der Waals surface area contributed by atoms with E-state index in [1.54, 1.807) is 29.2 Å². The topological polar surface area (TPSA) is 66.9 Å². The summed E-state index contributed by atoms with van der Waals surface area (Å²) in [6.45, 7) is 2.87. The standard InChI is InChI=1S/C17H18Cl2N2O4S2/c1-12-10-13(18)2-3-14(12)25-11-16(22)20-6-8-21(9-7-20)27(23,24)17-5-4-15(19)26-17/h2-5,10H,6-9,11H2,1H3. The van der Waals surface area contributed by atoms with E-state index in [2.05, 4.69) is 0 Å². The molecule has 0 spiro atoms. The van der Waals surface area contributed by atoms with Gasteiger partial charge in [0, 0.05) is 31.2 Å². The fourth-order valence-corrected chi connectivity index (χ4v) is 6.03. The summed E-state index contributed by atoms with van der Waals surface area (Å²) >= 11 is 12.8. The van der Waals surface area contributed by atoms with E-state index in [0.29, 0.717) is 28.2 Å². The molecule has 27 heavy (non-hydrogen) atoms. The molecule has 0 atom stereocenters. The lowest BCUT2D eigenvalue weighted by Gasteiger charge is -2.33. The Morgan fingerprint density at radius 1 is 1.15 bits per heavy atom. The van der Waals surface area contributed by atoms with Gasteiger partial charge < -0.3 is 9.64 Å². The lowest BCUT2D eigenvalue weighted by molar-refractivity contribution is -0.134. The van der Waals surface area contributed by atoms with Crippen LogP contribution in [0.25, 0.3) is 0 Å². The zero-order valence-corrected chi connectivity index (χ0v) is 17.7. The summed E-state index contributed by atoms with van der Waals surface area (Å²) in [5, 5.41) is 0.607. The maximum absolute atomic E-state index is 12.6. The molecule has 1 fully saturated rings. The highest BCUT2D eigenvalue weighted by Gasteiger charge is 2.31. The maximum atomic E-state index is 12.6. The molecule has 1 aliphatic rings. The van der Waals surface area contributed by atoms with Crippen LogP contribution in [0.3, 0.4) is 0 Å². The van der Waals surface area contributed by atoms with Crippen molar-refractivity contribution in [3.8, 4) is 5.75 Å². The normalized spacial score (nSPS) is 15.7. The molecule has 146 valence electrons. The van der Waals surface area contributed by atoms with Gasteiger partial charge in [-0.25, -0.2) is 8.42 Å². The van der Waals surface area contributed by atoms with Crippen molar-refractivity contribution in [1.29, 1.82) is 0 Å². The fourth-order valence-electron chi connectivity index (χ4n) is 2.75. The van der Waals surface area contributed by atoms with Crippen molar-refractivity contribution >= 4 is 50.5 Å². The van der Waals surface area contributed by atoms with Crippen LogP contribution in [0, 0.1) is 6.92 Å². The van der Waals surface area contributed by atoms with Crippen molar-refractivity contribution in [1.82, 2.24) is 9.21 Å². The number of nitrogens with zero attached hydrogens (tertiary/aromatic N) is 2. The third-order valence-corrected chi connectivity index (χ3v) is 8.05. The van der Waals surface area contributed by atoms with E-state index in [4.69, 9.17) is 27.9 Å². The number of halogens is 2. The average Bonchev–Trinajstić information content (AvgIpc) is 3.08. The number of carbonyl (C=O) groups is 1.